The summed E-state index contributed by atoms with van der Waals surface area (Å²) in [5.74, 6) is -0.0667. The van der Waals surface area contributed by atoms with E-state index in [9.17, 15) is 14.7 Å². The summed E-state index contributed by atoms with van der Waals surface area (Å²) in [6.45, 7) is 3.39. The fraction of sp³-hybridized carbons (Fsp3) is 0.320. The molecular weight excluding hydrogens is 486 g/mol. The van der Waals surface area contributed by atoms with Crippen molar-refractivity contribution in [1.29, 1.82) is 0 Å². The van der Waals surface area contributed by atoms with Crippen molar-refractivity contribution in [2.45, 2.75) is 32.5 Å². The van der Waals surface area contributed by atoms with E-state index in [4.69, 9.17) is 11.6 Å². The van der Waals surface area contributed by atoms with Crippen molar-refractivity contribution < 1.29 is 14.7 Å². The second-order valence-electron chi connectivity index (χ2n) is 8.67. The van der Waals surface area contributed by atoms with Gasteiger partial charge in [0.25, 0.3) is 5.91 Å². The van der Waals surface area contributed by atoms with Gasteiger partial charge in [0.2, 0.25) is 0 Å². The van der Waals surface area contributed by atoms with E-state index in [1.807, 2.05) is 43.0 Å². The number of likely N-dealkylation sites (N-methyl/N-ethyl adjacent to an activating group) is 1. The minimum Gasteiger partial charge on any atom is -0.384 e. The molecule has 0 fully saturated rings. The van der Waals surface area contributed by atoms with Crippen LogP contribution in [0.5, 0.6) is 0 Å². The number of aliphatic hydroxyl groups excluding tert-OH is 1. The molecule has 0 aliphatic carbocycles. The van der Waals surface area contributed by atoms with Gasteiger partial charge in [-0.25, -0.2) is 4.98 Å². The van der Waals surface area contributed by atoms with E-state index in [-0.39, 0.29) is 17.8 Å². The molecule has 4 rings (SSSR count). The molecule has 1 aromatic carbocycles. The van der Waals surface area contributed by atoms with Crippen LogP contribution in [-0.4, -0.2) is 52.3 Å². The van der Waals surface area contributed by atoms with Crippen LogP contribution in [0.3, 0.4) is 0 Å². The minimum atomic E-state index is -0.714. The van der Waals surface area contributed by atoms with Gasteiger partial charge in [0.1, 0.15) is 11.9 Å². The number of aromatic amines is 1. The number of Topliss-reactive ketones (excluding diaryl/α,β-unsaturated/α-hetero) is 1. The number of fused-ring (bicyclic) bond motifs is 1. The average molecular weight is 514 g/mol. The Balaban J connectivity index is 1.45. The van der Waals surface area contributed by atoms with Gasteiger partial charge in [-0.3, -0.25) is 14.5 Å². The zero-order chi connectivity index (χ0) is 25.1. The van der Waals surface area contributed by atoms with E-state index in [1.165, 1.54) is 0 Å². The van der Waals surface area contributed by atoms with E-state index in [1.54, 1.807) is 42.1 Å². The molecule has 0 saturated heterocycles. The molecule has 3 N–H and O–H groups in total. The van der Waals surface area contributed by atoms with Gasteiger partial charge in [0, 0.05) is 66.5 Å². The van der Waals surface area contributed by atoms with Crippen molar-refractivity contribution in [1.82, 2.24) is 20.2 Å². The van der Waals surface area contributed by atoms with Crippen LogP contribution < -0.4 is 10.2 Å². The largest absolute Gasteiger partial charge is 0.384 e. The van der Waals surface area contributed by atoms with Gasteiger partial charge in [0.05, 0.1) is 11.3 Å². The van der Waals surface area contributed by atoms with Crippen LogP contribution in [-0.2, 0) is 29.1 Å². The normalized spacial score (nSPS) is 14.5. The molecule has 0 saturated carbocycles. The first-order valence-electron chi connectivity index (χ1n) is 11.2. The zero-order valence-corrected chi connectivity index (χ0v) is 21.4. The van der Waals surface area contributed by atoms with Crippen molar-refractivity contribution in [3.05, 3.63) is 80.2 Å². The molecule has 1 amide bonds. The fourth-order valence-corrected chi connectivity index (χ4v) is 5.69. The molecule has 0 spiro atoms. The number of halogens is 1. The summed E-state index contributed by atoms with van der Waals surface area (Å²) in [6, 6.07) is 7.21. The van der Waals surface area contributed by atoms with Crippen LogP contribution in [0.25, 0.3) is 0 Å². The van der Waals surface area contributed by atoms with Crippen molar-refractivity contribution in [3.63, 3.8) is 0 Å². The molecule has 1 aliphatic heterocycles. The maximum absolute atomic E-state index is 13.0. The number of rotatable bonds is 8. The first-order chi connectivity index (χ1) is 16.7. The summed E-state index contributed by atoms with van der Waals surface area (Å²) >= 11 is 7.49. The zero-order valence-electron chi connectivity index (χ0n) is 19.8. The number of ketones is 1. The molecule has 10 heteroatoms. The number of thiophene rings is 1. The quantitative estimate of drug-likeness (QED) is 0.399. The van der Waals surface area contributed by atoms with Crippen LogP contribution in [0.15, 0.2) is 48.4 Å². The van der Waals surface area contributed by atoms with Gasteiger partial charge in [-0.05, 0) is 37.2 Å². The second-order valence-corrected chi connectivity index (χ2v) is 10.3. The van der Waals surface area contributed by atoms with Gasteiger partial charge in [0.15, 0.2) is 5.78 Å². The third-order valence-corrected chi connectivity index (χ3v) is 7.44. The number of carbonyl (C=O) groups excluding carboxylic acids is 2. The van der Waals surface area contributed by atoms with Crippen molar-refractivity contribution in [3.8, 4) is 0 Å². The summed E-state index contributed by atoms with van der Waals surface area (Å²) in [4.78, 5) is 38.8. The number of nitrogens with zero attached hydrogens (tertiary/aromatic N) is 3. The summed E-state index contributed by atoms with van der Waals surface area (Å²) in [6.07, 6.45) is 4.38. The van der Waals surface area contributed by atoms with E-state index < -0.39 is 12.0 Å². The lowest BCUT2D eigenvalue weighted by Crippen LogP contribution is -2.29. The number of aliphatic hydroxyl groups is 1. The number of nitrogens with one attached hydrogen (secondary N) is 2. The number of benzene rings is 1. The van der Waals surface area contributed by atoms with Crippen molar-refractivity contribution in [2.75, 3.05) is 25.5 Å². The maximum atomic E-state index is 13.0. The molecule has 2 aromatic heterocycles. The molecule has 3 aromatic rings. The van der Waals surface area contributed by atoms with E-state index in [2.05, 4.69) is 15.3 Å². The predicted octanol–water partition coefficient (Wildman–Crippen LogP) is 3.36. The standard InChI is InChI=1S/C25H28ClN5O3S/c1-15-22(14-30(2)13-20(33)24-27-8-9-28-24)35-21-10-19(32)18(12-31(3)23(15)21)25(34)29-11-16-4-6-17(26)7-5-16/h4-9,12,20,33H,10-11,13-14H2,1-3H3,(H,27,28)(H,29,34). The maximum Gasteiger partial charge on any atom is 0.256 e. The lowest BCUT2D eigenvalue weighted by Gasteiger charge is -2.20. The molecule has 184 valence electrons. The molecule has 1 atom stereocenters. The average Bonchev–Trinajstić information content (AvgIpc) is 3.43. The summed E-state index contributed by atoms with van der Waals surface area (Å²) < 4.78 is 0. The lowest BCUT2D eigenvalue weighted by atomic mass is 10.1. The van der Waals surface area contributed by atoms with Crippen LogP contribution >= 0.6 is 22.9 Å². The molecule has 1 aliphatic rings. The number of anilines is 1. The Morgan fingerprint density at radius 1 is 1.37 bits per heavy atom. The Labute approximate surface area is 213 Å². The van der Waals surface area contributed by atoms with Crippen LogP contribution in [0.2, 0.25) is 5.02 Å². The topological polar surface area (TPSA) is 102 Å². The molecule has 35 heavy (non-hydrogen) atoms. The second kappa shape index (κ2) is 10.7. The highest BCUT2D eigenvalue weighted by Crippen LogP contribution is 2.38. The number of imidazole rings is 1. The van der Waals surface area contributed by atoms with E-state index in [0.717, 1.165) is 26.6 Å². The van der Waals surface area contributed by atoms with Crippen LogP contribution in [0.1, 0.15) is 32.8 Å². The summed E-state index contributed by atoms with van der Waals surface area (Å²) in [5.41, 5.74) is 3.07. The molecule has 3 heterocycles. The number of amides is 1. The Kier molecular flexibility index (Phi) is 7.71. The first-order valence-corrected chi connectivity index (χ1v) is 12.4. The Bertz CT molecular complexity index is 1240. The minimum absolute atomic E-state index is 0.143. The van der Waals surface area contributed by atoms with Gasteiger partial charge in [-0.15, -0.1) is 11.3 Å². The van der Waals surface area contributed by atoms with Crippen molar-refractivity contribution in [2.24, 2.45) is 0 Å². The van der Waals surface area contributed by atoms with Gasteiger partial charge in [-0.2, -0.15) is 0 Å². The Hall–Kier alpha value is -2.98. The molecule has 8 nitrogen and oxygen atoms in total. The Morgan fingerprint density at radius 2 is 2.11 bits per heavy atom. The number of hydrogen-bond donors (Lipinski definition) is 3. The lowest BCUT2D eigenvalue weighted by molar-refractivity contribution is -0.122. The van der Waals surface area contributed by atoms with Crippen LogP contribution in [0, 0.1) is 6.92 Å². The first kappa shape index (κ1) is 25.1. The third-order valence-electron chi connectivity index (χ3n) is 5.93. The highest BCUT2D eigenvalue weighted by atomic mass is 35.5. The summed E-state index contributed by atoms with van der Waals surface area (Å²) in [5, 5.41) is 13.8. The van der Waals surface area contributed by atoms with E-state index in [0.29, 0.717) is 30.5 Å². The number of aromatic nitrogens is 2. The molecule has 1 unspecified atom stereocenters. The smallest absolute Gasteiger partial charge is 0.256 e. The fourth-order valence-electron chi connectivity index (χ4n) is 4.13. The van der Waals surface area contributed by atoms with Crippen LogP contribution in [0.4, 0.5) is 5.69 Å². The highest BCUT2D eigenvalue weighted by Gasteiger charge is 2.28. The number of hydrogen-bond acceptors (Lipinski definition) is 7. The monoisotopic (exact) mass is 513 g/mol. The molecule has 0 bridgehead atoms. The van der Waals surface area contributed by atoms with Gasteiger partial charge < -0.3 is 20.3 Å². The van der Waals surface area contributed by atoms with Gasteiger partial charge in [-0.1, -0.05) is 23.7 Å². The van der Waals surface area contributed by atoms with E-state index >= 15 is 0 Å². The van der Waals surface area contributed by atoms with Gasteiger partial charge >= 0.3 is 0 Å². The Morgan fingerprint density at radius 3 is 2.80 bits per heavy atom. The summed E-state index contributed by atoms with van der Waals surface area (Å²) in [7, 11) is 3.80. The third kappa shape index (κ3) is 5.82. The highest BCUT2D eigenvalue weighted by molar-refractivity contribution is 7.13. The number of H-pyrrole nitrogens is 1. The molecular formula is C25H28ClN5O3S. The number of carbonyl (C=O) groups is 2. The SMILES string of the molecule is Cc1c(CN(C)CC(O)c2ncc[nH]2)sc2c1N(C)C=C(C(=O)NCc1ccc(Cl)cc1)C(=O)C2. The predicted molar refractivity (Wildman–Crippen MR) is 137 cm³/mol. The molecule has 0 radical (unpaired) electrons. The van der Waals surface area contributed by atoms with Crippen molar-refractivity contribution >= 4 is 40.3 Å².